The van der Waals surface area contributed by atoms with Gasteiger partial charge in [0.15, 0.2) is 6.10 Å². The minimum Gasteiger partial charge on any atom is -0.450 e. The lowest BCUT2D eigenvalue weighted by atomic mass is 9.81. The maximum atomic E-state index is 13.1. The van der Waals surface area contributed by atoms with Crippen LogP contribution in [0.25, 0.3) is 0 Å². The fraction of sp³-hybridized carbons (Fsp3) is 0.391. The molecule has 156 valence electrons. The Morgan fingerprint density at radius 1 is 1.07 bits per heavy atom. The second-order valence-electron chi connectivity index (χ2n) is 7.86. The molecule has 30 heavy (non-hydrogen) atoms. The van der Waals surface area contributed by atoms with Crippen molar-refractivity contribution in [2.24, 2.45) is 0 Å². The third-order valence-corrected chi connectivity index (χ3v) is 6.08. The highest BCUT2D eigenvalue weighted by molar-refractivity contribution is 6.08. The van der Waals surface area contributed by atoms with Crippen molar-refractivity contribution in [3.63, 3.8) is 0 Å². The molecule has 7 nitrogen and oxygen atoms in total. The van der Waals surface area contributed by atoms with Gasteiger partial charge in [-0.15, -0.1) is 0 Å². The second-order valence-corrected chi connectivity index (χ2v) is 7.86. The molecule has 3 amide bonds. The van der Waals surface area contributed by atoms with Crippen LogP contribution >= 0.6 is 0 Å². The van der Waals surface area contributed by atoms with E-state index in [1.807, 2.05) is 36.4 Å². The Bertz CT molecular complexity index is 886. The van der Waals surface area contributed by atoms with Crippen LogP contribution in [0.2, 0.25) is 0 Å². The topological polar surface area (TPSA) is 79.8 Å². The fourth-order valence-electron chi connectivity index (χ4n) is 4.43. The molecule has 1 saturated heterocycles. The Labute approximate surface area is 175 Å². The van der Waals surface area contributed by atoms with E-state index in [0.29, 0.717) is 18.5 Å². The van der Waals surface area contributed by atoms with Gasteiger partial charge in [-0.3, -0.25) is 19.5 Å². The van der Waals surface area contributed by atoms with Gasteiger partial charge in [-0.2, -0.15) is 0 Å². The SMILES string of the molecule is CN1C(=O)N(CC(=O)O[C@@H](c2ccccc2)c2ccccn2)C(=O)C12CCCCC2. The highest BCUT2D eigenvalue weighted by Gasteiger charge is 2.56. The highest BCUT2D eigenvalue weighted by Crippen LogP contribution is 2.39. The number of hydrogen-bond acceptors (Lipinski definition) is 5. The van der Waals surface area contributed by atoms with Gasteiger partial charge < -0.3 is 9.64 Å². The highest BCUT2D eigenvalue weighted by atomic mass is 16.5. The quantitative estimate of drug-likeness (QED) is 0.561. The molecule has 2 heterocycles. The van der Waals surface area contributed by atoms with Crippen LogP contribution in [0, 0.1) is 0 Å². The number of aromatic nitrogens is 1. The minimum atomic E-state index is -0.810. The molecule has 0 N–H and O–H groups in total. The van der Waals surface area contributed by atoms with Gasteiger partial charge in [-0.25, -0.2) is 4.79 Å². The maximum absolute atomic E-state index is 13.1. The van der Waals surface area contributed by atoms with Gasteiger partial charge in [0, 0.05) is 13.2 Å². The van der Waals surface area contributed by atoms with Crippen molar-refractivity contribution in [2.75, 3.05) is 13.6 Å². The van der Waals surface area contributed by atoms with Crippen LogP contribution < -0.4 is 0 Å². The number of imide groups is 1. The average Bonchev–Trinajstić information content (AvgIpc) is 2.95. The Morgan fingerprint density at radius 2 is 1.77 bits per heavy atom. The van der Waals surface area contributed by atoms with Crippen molar-refractivity contribution < 1.29 is 19.1 Å². The molecule has 4 rings (SSSR count). The van der Waals surface area contributed by atoms with E-state index in [4.69, 9.17) is 4.74 Å². The van der Waals surface area contributed by atoms with Crippen LogP contribution in [0.5, 0.6) is 0 Å². The van der Waals surface area contributed by atoms with E-state index in [1.54, 1.807) is 25.4 Å². The molecule has 1 atom stereocenters. The predicted octanol–water partition coefficient (Wildman–Crippen LogP) is 3.31. The number of ether oxygens (including phenoxy) is 1. The van der Waals surface area contributed by atoms with Crippen molar-refractivity contribution >= 4 is 17.9 Å². The van der Waals surface area contributed by atoms with Crippen LogP contribution in [0.4, 0.5) is 4.79 Å². The van der Waals surface area contributed by atoms with E-state index >= 15 is 0 Å². The van der Waals surface area contributed by atoms with E-state index in [1.165, 1.54) is 4.90 Å². The van der Waals surface area contributed by atoms with E-state index in [9.17, 15) is 14.4 Å². The molecule has 2 fully saturated rings. The zero-order chi connectivity index (χ0) is 21.1. The van der Waals surface area contributed by atoms with Crippen molar-refractivity contribution in [1.29, 1.82) is 0 Å². The number of esters is 1. The summed E-state index contributed by atoms with van der Waals surface area (Å²) in [6, 6.07) is 14.2. The number of rotatable bonds is 5. The van der Waals surface area contributed by atoms with Crippen molar-refractivity contribution in [1.82, 2.24) is 14.8 Å². The molecule has 1 aromatic heterocycles. The molecule has 1 aromatic carbocycles. The van der Waals surface area contributed by atoms with Crippen LogP contribution in [-0.2, 0) is 14.3 Å². The molecule has 7 heteroatoms. The Balaban J connectivity index is 1.53. The lowest BCUT2D eigenvalue weighted by molar-refractivity contribution is -0.151. The Kier molecular flexibility index (Phi) is 5.53. The number of benzene rings is 1. The summed E-state index contributed by atoms with van der Waals surface area (Å²) in [6.07, 6.45) is 5.06. The molecular formula is C23H25N3O4. The van der Waals surface area contributed by atoms with E-state index in [0.717, 1.165) is 29.7 Å². The van der Waals surface area contributed by atoms with Gasteiger partial charge in [-0.05, 0) is 30.5 Å². The Morgan fingerprint density at radius 3 is 2.43 bits per heavy atom. The van der Waals surface area contributed by atoms with Crippen LogP contribution in [0.1, 0.15) is 49.5 Å². The van der Waals surface area contributed by atoms with Crippen LogP contribution in [0.15, 0.2) is 54.7 Å². The number of carbonyl (C=O) groups excluding carboxylic acids is 3. The summed E-state index contributed by atoms with van der Waals surface area (Å²) in [4.78, 5) is 45.5. The van der Waals surface area contributed by atoms with Crippen molar-refractivity contribution in [2.45, 2.75) is 43.7 Å². The molecule has 0 radical (unpaired) electrons. The summed E-state index contributed by atoms with van der Waals surface area (Å²) >= 11 is 0. The number of urea groups is 1. The summed E-state index contributed by atoms with van der Waals surface area (Å²) in [5.74, 6) is -0.932. The Hall–Kier alpha value is -3.22. The number of hydrogen-bond donors (Lipinski definition) is 0. The molecule has 1 aliphatic carbocycles. The molecular weight excluding hydrogens is 382 g/mol. The molecule has 1 spiro atoms. The van der Waals surface area contributed by atoms with E-state index in [-0.39, 0.29) is 5.91 Å². The third-order valence-electron chi connectivity index (χ3n) is 6.08. The lowest BCUT2D eigenvalue weighted by Crippen LogP contribution is -2.49. The number of pyridine rings is 1. The van der Waals surface area contributed by atoms with E-state index < -0.39 is 30.2 Å². The molecule has 2 aliphatic rings. The predicted molar refractivity (Wildman–Crippen MR) is 109 cm³/mol. The molecule has 0 unspecified atom stereocenters. The zero-order valence-corrected chi connectivity index (χ0v) is 17.0. The van der Waals surface area contributed by atoms with Gasteiger partial charge >= 0.3 is 12.0 Å². The van der Waals surface area contributed by atoms with E-state index in [2.05, 4.69) is 4.98 Å². The third kappa shape index (κ3) is 3.56. The van der Waals surface area contributed by atoms with Gasteiger partial charge in [0.05, 0.1) is 5.69 Å². The van der Waals surface area contributed by atoms with Gasteiger partial charge in [0.2, 0.25) is 0 Å². The summed E-state index contributed by atoms with van der Waals surface area (Å²) in [7, 11) is 1.65. The largest absolute Gasteiger partial charge is 0.450 e. The number of nitrogens with zero attached hydrogens (tertiary/aromatic N) is 3. The first-order chi connectivity index (χ1) is 14.5. The van der Waals surface area contributed by atoms with Gasteiger partial charge in [0.25, 0.3) is 5.91 Å². The summed E-state index contributed by atoms with van der Waals surface area (Å²) in [5.41, 5.74) is 0.539. The number of likely N-dealkylation sites (N-methyl/N-ethyl adjacent to an activating group) is 1. The molecule has 1 saturated carbocycles. The first-order valence-electron chi connectivity index (χ1n) is 10.3. The molecule has 1 aliphatic heterocycles. The molecule has 0 bridgehead atoms. The first-order valence-corrected chi connectivity index (χ1v) is 10.3. The summed E-state index contributed by atoms with van der Waals surface area (Å²) in [6.45, 7) is -0.403. The van der Waals surface area contributed by atoms with Crippen molar-refractivity contribution in [3.8, 4) is 0 Å². The summed E-state index contributed by atoms with van der Waals surface area (Å²) in [5, 5.41) is 0. The second kappa shape index (κ2) is 8.26. The van der Waals surface area contributed by atoms with Gasteiger partial charge in [-0.1, -0.05) is 55.7 Å². The van der Waals surface area contributed by atoms with Gasteiger partial charge in [0.1, 0.15) is 12.1 Å². The lowest BCUT2D eigenvalue weighted by Gasteiger charge is -2.35. The summed E-state index contributed by atoms with van der Waals surface area (Å²) < 4.78 is 5.73. The maximum Gasteiger partial charge on any atom is 0.327 e. The fourth-order valence-corrected chi connectivity index (χ4v) is 4.43. The normalized spacial score (nSPS) is 19.2. The number of amides is 3. The smallest absolute Gasteiger partial charge is 0.327 e. The van der Waals surface area contributed by atoms with Crippen molar-refractivity contribution in [3.05, 3.63) is 66.0 Å². The average molecular weight is 407 g/mol. The van der Waals surface area contributed by atoms with Crippen LogP contribution in [0.3, 0.4) is 0 Å². The molecule has 2 aromatic rings. The number of carbonyl (C=O) groups is 3. The zero-order valence-electron chi connectivity index (χ0n) is 17.0. The standard InChI is InChI=1S/C23H25N3O4/c1-25-22(29)26(21(28)23(25)13-7-3-8-14-23)16-19(27)30-20(17-10-4-2-5-11-17)18-12-6-9-15-24-18/h2,4-6,9-12,15,20H,3,7-8,13-14,16H2,1H3/t20-/m0/s1. The minimum absolute atomic E-state index is 0.291. The first kappa shape index (κ1) is 20.1. The van der Waals surface area contributed by atoms with Crippen LogP contribution in [-0.4, -0.2) is 51.8 Å². The monoisotopic (exact) mass is 407 g/mol.